The quantitative estimate of drug-likeness (QED) is 0.635. The highest BCUT2D eigenvalue weighted by atomic mass is 16.6. The summed E-state index contributed by atoms with van der Waals surface area (Å²) in [7, 11) is 0. The molecule has 1 fully saturated rings. The Labute approximate surface area is 138 Å². The number of nitrogens with one attached hydrogen (secondary N) is 1. The van der Waals surface area contributed by atoms with E-state index in [1.54, 1.807) is 13.8 Å². The number of aliphatic hydroxyl groups excluding tert-OH is 1. The van der Waals surface area contributed by atoms with Crippen LogP contribution in [0, 0.1) is 5.92 Å². The van der Waals surface area contributed by atoms with Crippen LogP contribution in [-0.4, -0.2) is 49.4 Å². The summed E-state index contributed by atoms with van der Waals surface area (Å²) in [6, 6.07) is 0. The predicted octanol–water partition coefficient (Wildman–Crippen LogP) is -0.451. The van der Waals surface area contributed by atoms with Gasteiger partial charge in [0.15, 0.2) is 11.2 Å². The highest BCUT2D eigenvalue weighted by Gasteiger charge is 2.39. The maximum atomic E-state index is 11.9. The van der Waals surface area contributed by atoms with Gasteiger partial charge in [-0.1, -0.05) is 13.8 Å². The summed E-state index contributed by atoms with van der Waals surface area (Å²) in [5, 5.41) is 9.63. The monoisotopic (exact) mass is 338 g/mol. The van der Waals surface area contributed by atoms with Gasteiger partial charge in [0, 0.05) is 6.42 Å². The molecule has 4 atom stereocenters. The van der Waals surface area contributed by atoms with Crippen molar-refractivity contribution in [1.29, 1.82) is 0 Å². The van der Waals surface area contributed by atoms with Gasteiger partial charge in [-0.25, -0.2) is 4.98 Å². The van der Waals surface area contributed by atoms with Gasteiger partial charge < -0.3 is 20.3 Å². The van der Waals surface area contributed by atoms with Crippen molar-refractivity contribution in [2.45, 2.75) is 38.7 Å². The number of nitrogens with two attached hydrogens (primary N) is 1. The Morgan fingerprint density at radius 2 is 2.46 bits per heavy atom. The van der Waals surface area contributed by atoms with E-state index in [4.69, 9.17) is 16.6 Å². The number of rotatable bonds is 4. The molecule has 3 heterocycles. The molecular formula is C14H19N5O5. The van der Waals surface area contributed by atoms with E-state index >= 15 is 0 Å². The number of esters is 1. The number of aromatic amines is 1. The van der Waals surface area contributed by atoms with Gasteiger partial charge in [0.05, 0.1) is 20.2 Å². The van der Waals surface area contributed by atoms with Crippen LogP contribution >= 0.6 is 0 Å². The minimum atomic E-state index is -1.59. The van der Waals surface area contributed by atoms with Crippen LogP contribution in [0.5, 0.6) is 0 Å². The third-order valence-corrected chi connectivity index (χ3v) is 3.76. The zero-order valence-corrected chi connectivity index (χ0v) is 13.2. The van der Waals surface area contributed by atoms with Gasteiger partial charge >= 0.3 is 5.97 Å². The summed E-state index contributed by atoms with van der Waals surface area (Å²) in [6.07, 6.45) is -1.00. The molecule has 2 aromatic rings. The van der Waals surface area contributed by atoms with Crippen LogP contribution in [0.25, 0.3) is 11.2 Å². The van der Waals surface area contributed by atoms with Gasteiger partial charge in [-0.2, -0.15) is 4.98 Å². The summed E-state index contributed by atoms with van der Waals surface area (Å²) >= 11 is 0. The molecule has 1 aliphatic heterocycles. The van der Waals surface area contributed by atoms with Gasteiger partial charge in [-0.3, -0.25) is 19.1 Å². The number of anilines is 1. The first-order valence-electron chi connectivity index (χ1n) is 8.04. The largest absolute Gasteiger partial charge is 0.459 e. The first-order valence-corrected chi connectivity index (χ1v) is 7.46. The van der Waals surface area contributed by atoms with Gasteiger partial charge in [-0.05, 0) is 0 Å². The van der Waals surface area contributed by atoms with E-state index in [1.807, 2.05) is 0 Å². The van der Waals surface area contributed by atoms with Crippen LogP contribution in [0.15, 0.2) is 11.1 Å². The smallest absolute Gasteiger partial charge is 0.308 e. The van der Waals surface area contributed by atoms with E-state index in [9.17, 15) is 14.7 Å². The molecule has 0 spiro atoms. The van der Waals surface area contributed by atoms with E-state index in [-0.39, 0.29) is 29.5 Å². The lowest BCUT2D eigenvalue weighted by Gasteiger charge is -2.17. The lowest BCUT2D eigenvalue weighted by molar-refractivity contribution is -0.156. The Morgan fingerprint density at radius 1 is 1.71 bits per heavy atom. The number of aromatic nitrogens is 4. The second-order valence-corrected chi connectivity index (χ2v) is 5.85. The molecule has 130 valence electrons. The Hall–Kier alpha value is -2.46. The third-order valence-electron chi connectivity index (χ3n) is 3.76. The first kappa shape index (κ1) is 15.1. The number of hydrogen-bond acceptors (Lipinski definition) is 8. The lowest BCUT2D eigenvalue weighted by atomic mass is 10.1. The average Bonchev–Trinajstić information content (AvgIpc) is 3.10. The fraction of sp³-hybridized carbons (Fsp3) is 0.571. The van der Waals surface area contributed by atoms with Crippen LogP contribution in [-0.2, 0) is 14.3 Å². The Morgan fingerprint density at radius 3 is 3.12 bits per heavy atom. The fourth-order valence-corrected chi connectivity index (χ4v) is 2.52. The zero-order valence-electron chi connectivity index (χ0n) is 14.2. The van der Waals surface area contributed by atoms with Crippen LogP contribution in [0.4, 0.5) is 5.95 Å². The normalized spacial score (nSPS) is 25.8. The maximum absolute atomic E-state index is 11.9. The highest BCUT2D eigenvalue weighted by Crippen LogP contribution is 2.32. The van der Waals surface area contributed by atoms with Crippen LogP contribution in [0.2, 0.25) is 0 Å². The molecule has 10 nitrogen and oxygen atoms in total. The van der Waals surface area contributed by atoms with Crippen molar-refractivity contribution in [3.63, 3.8) is 0 Å². The number of carbonyl (C=O) groups is 1. The van der Waals surface area contributed by atoms with Crippen molar-refractivity contribution < 1.29 is 20.7 Å². The summed E-state index contributed by atoms with van der Waals surface area (Å²) in [6.45, 7) is 1.78. The van der Waals surface area contributed by atoms with Crippen molar-refractivity contribution >= 4 is 23.1 Å². The number of imidazole rings is 1. The van der Waals surface area contributed by atoms with Crippen molar-refractivity contribution in [3.8, 4) is 0 Å². The molecule has 0 aromatic carbocycles. The minimum absolute atomic E-state index is 0.0721. The van der Waals surface area contributed by atoms with Gasteiger partial charge in [0.25, 0.3) is 5.56 Å². The van der Waals surface area contributed by atoms with Crippen LogP contribution < -0.4 is 11.3 Å². The van der Waals surface area contributed by atoms with Crippen LogP contribution in [0.3, 0.4) is 0 Å². The molecule has 0 unspecified atom stereocenters. The van der Waals surface area contributed by atoms with E-state index in [0.717, 1.165) is 0 Å². The Bertz CT molecular complexity index is 848. The zero-order chi connectivity index (χ0) is 18.3. The number of nitrogen functional groups attached to an aromatic ring is 1. The first-order chi connectivity index (χ1) is 11.8. The fourth-order valence-electron chi connectivity index (χ4n) is 2.52. The van der Waals surface area contributed by atoms with Gasteiger partial charge in [-0.15, -0.1) is 0 Å². The number of hydrogen-bond donors (Lipinski definition) is 3. The van der Waals surface area contributed by atoms with Crippen LogP contribution in [0.1, 0.15) is 27.9 Å². The molecule has 3 rings (SSSR count). The molecule has 10 heteroatoms. The van der Waals surface area contributed by atoms with Crippen molar-refractivity contribution in [1.82, 2.24) is 19.5 Å². The lowest BCUT2D eigenvalue weighted by Crippen LogP contribution is -2.31. The molecule has 0 radical (unpaired) electrons. The SMILES string of the molecule is [2H][C@H](O)[C@H]1O[C@@H](n2cnc3c(=O)[nH]c(N)nc32)C[C@@H]1OC(=O)C(C)C. The number of nitrogens with zero attached hydrogens (tertiary/aromatic N) is 3. The van der Waals surface area contributed by atoms with E-state index in [0.29, 0.717) is 0 Å². The molecule has 4 N–H and O–H groups in total. The third kappa shape index (κ3) is 2.85. The average molecular weight is 338 g/mol. The molecule has 0 bridgehead atoms. The van der Waals surface area contributed by atoms with E-state index in [2.05, 4.69) is 15.0 Å². The summed E-state index contributed by atoms with van der Waals surface area (Å²) in [5.74, 6) is -0.872. The summed E-state index contributed by atoms with van der Waals surface area (Å²) in [5.41, 5.74) is 5.37. The number of H-pyrrole nitrogens is 1. The molecule has 0 amide bonds. The number of aliphatic hydroxyl groups is 1. The maximum Gasteiger partial charge on any atom is 0.308 e. The standard InChI is InChI=1S/C14H19N5O5/c1-6(2)13(22)24-7-3-9(23-8(7)4-20)19-5-16-10-11(19)17-14(15)18-12(10)21/h5-9,20H,3-4H2,1-2H3,(H3,15,17,18,21)/t7-,8+,9+/m0/s1/i4D/t4-,7-,8+,9+. The van der Waals surface area contributed by atoms with Crippen molar-refractivity contribution in [2.24, 2.45) is 5.92 Å². The van der Waals surface area contributed by atoms with Gasteiger partial charge in [0.1, 0.15) is 18.4 Å². The Kier molecular flexibility index (Phi) is 3.90. The second-order valence-electron chi connectivity index (χ2n) is 5.85. The van der Waals surface area contributed by atoms with Crippen molar-refractivity contribution in [2.75, 3.05) is 12.3 Å². The number of ether oxygens (including phenoxy) is 2. The molecule has 0 aliphatic carbocycles. The van der Waals surface area contributed by atoms with E-state index < -0.39 is 36.5 Å². The van der Waals surface area contributed by atoms with E-state index in [1.165, 1.54) is 10.9 Å². The molecule has 1 aliphatic rings. The Balaban J connectivity index is 1.91. The minimum Gasteiger partial charge on any atom is -0.459 e. The number of carbonyl (C=O) groups excluding carboxylic acids is 1. The molecule has 1 saturated heterocycles. The topological polar surface area (TPSA) is 145 Å². The highest BCUT2D eigenvalue weighted by molar-refractivity contribution is 5.72. The number of fused-ring (bicyclic) bond motifs is 1. The molecule has 24 heavy (non-hydrogen) atoms. The summed E-state index contributed by atoms with van der Waals surface area (Å²) < 4.78 is 20.0. The van der Waals surface area contributed by atoms with Crippen molar-refractivity contribution in [3.05, 3.63) is 16.7 Å². The molecular weight excluding hydrogens is 318 g/mol. The summed E-state index contributed by atoms with van der Waals surface area (Å²) in [4.78, 5) is 34.1. The molecule has 2 aromatic heterocycles. The van der Waals surface area contributed by atoms with Gasteiger partial charge in [0.2, 0.25) is 5.95 Å². The molecule has 0 saturated carbocycles. The second kappa shape index (κ2) is 6.21. The predicted molar refractivity (Wildman–Crippen MR) is 82.9 cm³/mol.